The smallest absolute Gasteiger partial charge is 0.306 e. The van der Waals surface area contributed by atoms with Crippen LogP contribution in [0.2, 0.25) is 0 Å². The number of carboxylic acid groups (broad SMARTS) is 1. The molecule has 0 spiro atoms. The van der Waals surface area contributed by atoms with Crippen LogP contribution in [0.4, 0.5) is 0 Å². The molecule has 0 amide bonds. The van der Waals surface area contributed by atoms with Gasteiger partial charge in [-0.1, -0.05) is 25.7 Å². The molecule has 0 aromatic heterocycles. The quantitative estimate of drug-likeness (QED) is 0.634. The fourth-order valence-electron chi connectivity index (χ4n) is 0.907. The van der Waals surface area contributed by atoms with Gasteiger partial charge < -0.3 is 10.8 Å². The van der Waals surface area contributed by atoms with E-state index >= 15 is 0 Å². The van der Waals surface area contributed by atoms with E-state index < -0.39 is 11.9 Å². The fraction of sp³-hybridized carbons (Fsp3) is 0.300. The molecule has 0 aliphatic carbocycles. The van der Waals surface area contributed by atoms with Crippen molar-refractivity contribution in [1.29, 1.82) is 0 Å². The van der Waals surface area contributed by atoms with E-state index in [1.807, 2.05) is 0 Å². The van der Waals surface area contributed by atoms with Crippen LogP contribution in [0, 0.1) is 5.92 Å². The van der Waals surface area contributed by atoms with Crippen molar-refractivity contribution in [2.45, 2.75) is 13.3 Å². The second-order valence-electron chi connectivity index (χ2n) is 2.78. The van der Waals surface area contributed by atoms with Gasteiger partial charge in [0.25, 0.3) is 0 Å². The van der Waals surface area contributed by atoms with Crippen molar-refractivity contribution in [2.24, 2.45) is 11.7 Å². The molecule has 3 heteroatoms. The molecule has 0 unspecified atom stereocenters. The summed E-state index contributed by atoms with van der Waals surface area (Å²) < 4.78 is 0. The summed E-state index contributed by atoms with van der Waals surface area (Å²) in [5.41, 5.74) is 6.08. The highest BCUT2D eigenvalue weighted by molar-refractivity contribution is 5.70. The Hall–Kier alpha value is -1.51. The zero-order valence-corrected chi connectivity index (χ0v) is 7.73. The van der Waals surface area contributed by atoms with Gasteiger partial charge in [-0.05, 0) is 24.3 Å². The Morgan fingerprint density at radius 3 is 2.69 bits per heavy atom. The normalized spacial score (nSPS) is 14.4. The molecule has 0 heterocycles. The minimum absolute atomic E-state index is 0.401. The summed E-state index contributed by atoms with van der Waals surface area (Å²) in [6, 6.07) is 0. The predicted molar refractivity (Wildman–Crippen MR) is 53.0 cm³/mol. The van der Waals surface area contributed by atoms with Crippen LogP contribution in [0.1, 0.15) is 13.3 Å². The SMILES string of the molecule is C=C/C=C(\C=C/N)C[C@H](C)C(=O)O. The molecular formula is C10H15NO2. The van der Waals surface area contributed by atoms with Crippen LogP contribution in [0.25, 0.3) is 0 Å². The molecule has 0 saturated heterocycles. The molecule has 0 fully saturated rings. The third kappa shape index (κ3) is 4.85. The third-order valence-electron chi connectivity index (χ3n) is 1.61. The molecule has 3 N–H and O–H groups in total. The summed E-state index contributed by atoms with van der Waals surface area (Å²) in [6.07, 6.45) is 6.91. The standard InChI is InChI=1S/C10H15NO2/c1-3-4-9(5-6-11)7-8(2)10(12)13/h3-6,8H,1,7,11H2,2H3,(H,12,13)/b6-5-,9-4+/t8-/m0/s1. The highest BCUT2D eigenvalue weighted by Gasteiger charge is 2.11. The molecule has 0 rings (SSSR count). The number of allylic oxidation sites excluding steroid dienone is 4. The van der Waals surface area contributed by atoms with Crippen LogP contribution in [0.3, 0.4) is 0 Å². The van der Waals surface area contributed by atoms with Crippen molar-refractivity contribution in [3.05, 3.63) is 36.6 Å². The van der Waals surface area contributed by atoms with Crippen LogP contribution in [0.5, 0.6) is 0 Å². The number of carbonyl (C=O) groups is 1. The van der Waals surface area contributed by atoms with Gasteiger partial charge in [0.15, 0.2) is 0 Å². The second kappa shape index (κ2) is 6.06. The second-order valence-corrected chi connectivity index (χ2v) is 2.78. The summed E-state index contributed by atoms with van der Waals surface area (Å²) in [7, 11) is 0. The maximum atomic E-state index is 10.5. The first kappa shape index (κ1) is 11.5. The number of hydrogen-bond acceptors (Lipinski definition) is 2. The van der Waals surface area contributed by atoms with Crippen molar-refractivity contribution >= 4 is 5.97 Å². The van der Waals surface area contributed by atoms with Crippen LogP contribution in [-0.4, -0.2) is 11.1 Å². The molecule has 0 aliphatic heterocycles. The first-order chi connectivity index (χ1) is 6.11. The monoisotopic (exact) mass is 181 g/mol. The third-order valence-corrected chi connectivity index (χ3v) is 1.61. The van der Waals surface area contributed by atoms with E-state index in [9.17, 15) is 4.79 Å². The minimum atomic E-state index is -0.805. The number of hydrogen-bond donors (Lipinski definition) is 2. The molecule has 1 atom stereocenters. The predicted octanol–water partition coefficient (Wildman–Crippen LogP) is 1.68. The van der Waals surface area contributed by atoms with Crippen molar-refractivity contribution in [2.75, 3.05) is 0 Å². The summed E-state index contributed by atoms with van der Waals surface area (Å²) in [6.45, 7) is 5.19. The zero-order valence-electron chi connectivity index (χ0n) is 7.73. The highest BCUT2D eigenvalue weighted by atomic mass is 16.4. The molecule has 72 valence electrons. The first-order valence-electron chi connectivity index (χ1n) is 4.04. The summed E-state index contributed by atoms with van der Waals surface area (Å²) in [5, 5.41) is 8.66. The van der Waals surface area contributed by atoms with Crippen LogP contribution in [0.15, 0.2) is 36.6 Å². The van der Waals surface area contributed by atoms with Gasteiger partial charge in [0.2, 0.25) is 0 Å². The van der Waals surface area contributed by atoms with E-state index in [2.05, 4.69) is 6.58 Å². The van der Waals surface area contributed by atoms with Crippen molar-refractivity contribution in [1.82, 2.24) is 0 Å². The molecule has 0 saturated carbocycles. The van der Waals surface area contributed by atoms with Crippen molar-refractivity contribution in [3.63, 3.8) is 0 Å². The van der Waals surface area contributed by atoms with E-state index in [0.717, 1.165) is 5.57 Å². The lowest BCUT2D eigenvalue weighted by Gasteiger charge is -2.05. The largest absolute Gasteiger partial charge is 0.481 e. The lowest BCUT2D eigenvalue weighted by molar-refractivity contribution is -0.141. The maximum absolute atomic E-state index is 10.5. The molecule has 13 heavy (non-hydrogen) atoms. The molecule has 0 bridgehead atoms. The van der Waals surface area contributed by atoms with E-state index in [-0.39, 0.29) is 0 Å². The molecular weight excluding hydrogens is 166 g/mol. The Bertz CT molecular complexity index is 241. The van der Waals surface area contributed by atoms with Gasteiger partial charge in [0, 0.05) is 0 Å². The van der Waals surface area contributed by atoms with E-state index in [0.29, 0.717) is 6.42 Å². The number of rotatable bonds is 5. The Balaban J connectivity index is 4.34. The topological polar surface area (TPSA) is 63.3 Å². The summed E-state index contributed by atoms with van der Waals surface area (Å²) >= 11 is 0. The molecule has 0 radical (unpaired) electrons. The lowest BCUT2D eigenvalue weighted by atomic mass is 10.0. The van der Waals surface area contributed by atoms with Gasteiger partial charge in [-0.3, -0.25) is 4.79 Å². The van der Waals surface area contributed by atoms with Gasteiger partial charge in [-0.25, -0.2) is 0 Å². The van der Waals surface area contributed by atoms with Crippen molar-refractivity contribution < 1.29 is 9.90 Å². The van der Waals surface area contributed by atoms with Crippen molar-refractivity contribution in [3.8, 4) is 0 Å². The van der Waals surface area contributed by atoms with E-state index in [1.165, 1.54) is 6.20 Å². The number of nitrogens with two attached hydrogens (primary N) is 1. The number of carboxylic acids is 1. The van der Waals surface area contributed by atoms with Crippen LogP contribution < -0.4 is 5.73 Å². The van der Waals surface area contributed by atoms with Gasteiger partial charge in [0.05, 0.1) is 5.92 Å². The molecule has 0 aromatic carbocycles. The van der Waals surface area contributed by atoms with Gasteiger partial charge >= 0.3 is 5.97 Å². The van der Waals surface area contributed by atoms with Crippen LogP contribution >= 0.6 is 0 Å². The number of aliphatic carboxylic acids is 1. The Kier molecular flexibility index (Phi) is 5.35. The van der Waals surface area contributed by atoms with E-state index in [1.54, 1.807) is 25.2 Å². The van der Waals surface area contributed by atoms with Gasteiger partial charge in [0.1, 0.15) is 0 Å². The fourth-order valence-corrected chi connectivity index (χ4v) is 0.907. The first-order valence-corrected chi connectivity index (χ1v) is 4.04. The Morgan fingerprint density at radius 1 is 1.69 bits per heavy atom. The maximum Gasteiger partial charge on any atom is 0.306 e. The van der Waals surface area contributed by atoms with Crippen LogP contribution in [-0.2, 0) is 4.79 Å². The Labute approximate surface area is 78.3 Å². The van der Waals surface area contributed by atoms with Gasteiger partial charge in [-0.2, -0.15) is 0 Å². The molecule has 0 aliphatic rings. The lowest BCUT2D eigenvalue weighted by Crippen LogP contribution is -2.09. The summed E-state index contributed by atoms with van der Waals surface area (Å²) in [5.74, 6) is -1.21. The highest BCUT2D eigenvalue weighted by Crippen LogP contribution is 2.12. The zero-order chi connectivity index (χ0) is 10.3. The average molecular weight is 181 g/mol. The molecule has 3 nitrogen and oxygen atoms in total. The Morgan fingerprint density at radius 2 is 2.31 bits per heavy atom. The average Bonchev–Trinajstić information content (AvgIpc) is 2.05. The van der Waals surface area contributed by atoms with Gasteiger partial charge in [-0.15, -0.1) is 0 Å². The molecule has 0 aromatic rings. The minimum Gasteiger partial charge on any atom is -0.481 e. The summed E-state index contributed by atoms with van der Waals surface area (Å²) in [4.78, 5) is 10.5. The van der Waals surface area contributed by atoms with E-state index in [4.69, 9.17) is 10.8 Å².